The van der Waals surface area contributed by atoms with Crippen molar-refractivity contribution >= 4 is 43.7 Å². The molecule has 0 aliphatic carbocycles. The molecule has 0 radical (unpaired) electrons. The van der Waals surface area contributed by atoms with Gasteiger partial charge in [-0.3, -0.25) is 0 Å². The summed E-state index contributed by atoms with van der Waals surface area (Å²) in [7, 11) is 0. The van der Waals surface area contributed by atoms with Crippen LogP contribution in [-0.4, -0.2) is 19.5 Å². The van der Waals surface area contributed by atoms with Crippen molar-refractivity contribution in [1.82, 2.24) is 19.5 Å². The molecule has 0 fully saturated rings. The number of hydrogen-bond donors (Lipinski definition) is 0. The number of rotatable bonds is 5. The molecule has 5 nitrogen and oxygen atoms in total. The molecular weight excluding hydrogens is 613 g/mol. The van der Waals surface area contributed by atoms with Gasteiger partial charge in [0.2, 0.25) is 0 Å². The molecule has 0 N–H and O–H groups in total. The van der Waals surface area contributed by atoms with Crippen LogP contribution >= 0.6 is 0 Å². The van der Waals surface area contributed by atoms with Gasteiger partial charge in [0, 0.05) is 43.8 Å². The van der Waals surface area contributed by atoms with Gasteiger partial charge < -0.3 is 8.98 Å². The first kappa shape index (κ1) is 22.7. The number of nitrogens with zero attached hydrogens (tertiary/aromatic N) is 4. The second-order valence-corrected chi connectivity index (χ2v) is 11.9. The Balaban J connectivity index is 1.35. The molecule has 0 aliphatic heterocycles. The largest absolute Gasteiger partial charge is 0.455 e. The molecule has 3 heterocycles. The van der Waals surface area contributed by atoms with Crippen LogP contribution in [0.3, 0.4) is 0 Å². The smallest absolute Gasteiger partial charge is 0.166 e. The van der Waals surface area contributed by atoms with Crippen LogP contribution in [-0.2, 0) is 0 Å². The summed E-state index contributed by atoms with van der Waals surface area (Å²) in [4.78, 5) is 15.0. The quantitative estimate of drug-likeness (QED) is 0.187. The van der Waals surface area contributed by atoms with Crippen LogP contribution in [0.15, 0.2) is 174 Å². The number of aromatic nitrogens is 4. The first-order valence-corrected chi connectivity index (χ1v) is 16.2. The molecule has 7 aromatic carbocycles. The van der Waals surface area contributed by atoms with Crippen LogP contribution in [0.2, 0.25) is 0 Å². The SMILES string of the molecule is [2H]c1cc([2H])c2c(c1[2H])c1c([2H])c([2H])cc([2H])c1n2-c1cc(-c2cccc3c2oc2ccccc23)ccc1-c1nc(-c2ccccc2)nc(-c2ccccc2)n1. The highest BCUT2D eigenvalue weighted by atomic mass is 16.3. The van der Waals surface area contributed by atoms with Gasteiger partial charge in [-0.05, 0) is 35.8 Å². The second kappa shape index (κ2) is 11.4. The summed E-state index contributed by atoms with van der Waals surface area (Å²) in [6.45, 7) is 0. The summed E-state index contributed by atoms with van der Waals surface area (Å²) in [6, 6.07) is 40.6. The molecule has 0 unspecified atom stereocenters. The summed E-state index contributed by atoms with van der Waals surface area (Å²) < 4.78 is 61.8. The lowest BCUT2D eigenvalue weighted by atomic mass is 9.99. The third-order valence-electron chi connectivity index (χ3n) is 9.02. The Hall–Kier alpha value is -6.85. The molecular formula is C45H28N4O. The molecule has 0 bridgehead atoms. The minimum absolute atomic E-state index is 0.0659. The van der Waals surface area contributed by atoms with Crippen molar-refractivity contribution < 1.29 is 12.6 Å². The zero-order valence-corrected chi connectivity index (χ0v) is 26.4. The van der Waals surface area contributed by atoms with Crippen molar-refractivity contribution in [3.05, 3.63) is 170 Å². The van der Waals surface area contributed by atoms with E-state index >= 15 is 0 Å². The van der Waals surface area contributed by atoms with E-state index in [0.29, 0.717) is 34.3 Å². The Kier molecular flexibility index (Phi) is 5.17. The molecule has 3 aromatic heterocycles. The first-order valence-electron chi connectivity index (χ1n) is 19.2. The van der Waals surface area contributed by atoms with Crippen molar-refractivity contribution in [3.8, 4) is 51.0 Å². The van der Waals surface area contributed by atoms with Crippen molar-refractivity contribution in [2.75, 3.05) is 0 Å². The average Bonchev–Trinajstić information content (AvgIpc) is 3.80. The highest BCUT2D eigenvalue weighted by molar-refractivity contribution is 6.11. The first-order chi connectivity index (χ1) is 27.3. The summed E-state index contributed by atoms with van der Waals surface area (Å²) in [5, 5.41) is 2.25. The molecule has 50 heavy (non-hydrogen) atoms. The topological polar surface area (TPSA) is 56.7 Å². The van der Waals surface area contributed by atoms with Crippen LogP contribution in [0.4, 0.5) is 0 Å². The van der Waals surface area contributed by atoms with Gasteiger partial charge in [0.25, 0.3) is 0 Å². The van der Waals surface area contributed by atoms with E-state index in [1.807, 2.05) is 121 Å². The molecule has 0 aliphatic rings. The lowest BCUT2D eigenvalue weighted by Crippen LogP contribution is -2.04. The highest BCUT2D eigenvalue weighted by Crippen LogP contribution is 2.41. The number of hydrogen-bond acceptors (Lipinski definition) is 4. The third-order valence-corrected chi connectivity index (χ3v) is 9.02. The zero-order valence-electron chi connectivity index (χ0n) is 32.4. The Labute approximate surface area is 296 Å². The normalized spacial score (nSPS) is 13.3. The lowest BCUT2D eigenvalue weighted by molar-refractivity contribution is 0.670. The lowest BCUT2D eigenvalue weighted by Gasteiger charge is -2.16. The van der Waals surface area contributed by atoms with Crippen molar-refractivity contribution in [2.24, 2.45) is 0 Å². The van der Waals surface area contributed by atoms with Gasteiger partial charge in [-0.15, -0.1) is 0 Å². The van der Waals surface area contributed by atoms with Crippen LogP contribution in [0.1, 0.15) is 8.22 Å². The summed E-state index contributed by atoms with van der Waals surface area (Å²) in [5.41, 5.74) is 6.03. The number of fused-ring (bicyclic) bond motifs is 6. The maximum absolute atomic E-state index is 9.22. The van der Waals surface area contributed by atoms with E-state index < -0.39 is 0 Å². The fraction of sp³-hybridized carbons (Fsp3) is 0. The third kappa shape index (κ3) is 4.52. The Morgan fingerprint density at radius 1 is 0.460 bits per heavy atom. The maximum Gasteiger partial charge on any atom is 0.166 e. The predicted molar refractivity (Wildman–Crippen MR) is 203 cm³/mol. The molecule has 10 rings (SSSR count). The van der Waals surface area contributed by atoms with Gasteiger partial charge in [-0.2, -0.15) is 0 Å². The van der Waals surface area contributed by atoms with E-state index in [-0.39, 0.29) is 58.1 Å². The van der Waals surface area contributed by atoms with E-state index in [1.165, 1.54) is 12.1 Å². The number of para-hydroxylation sites is 4. The van der Waals surface area contributed by atoms with Gasteiger partial charge in [-0.25, -0.2) is 15.0 Å². The second-order valence-electron chi connectivity index (χ2n) is 11.9. The predicted octanol–water partition coefficient (Wildman–Crippen LogP) is 11.5. The summed E-state index contributed by atoms with van der Waals surface area (Å²) >= 11 is 0. The molecule has 0 saturated heterocycles. The monoisotopic (exact) mass is 646 g/mol. The van der Waals surface area contributed by atoms with Gasteiger partial charge >= 0.3 is 0 Å². The van der Waals surface area contributed by atoms with Crippen molar-refractivity contribution in [3.63, 3.8) is 0 Å². The van der Waals surface area contributed by atoms with E-state index in [9.17, 15) is 2.74 Å². The standard InChI is InChI=1S/C45H28N4O/c1-3-14-29(15-4-1)43-46-44(30-16-5-2-6-17-30)48-45(47-43)37-27-26-31(32-21-13-22-36-35-20-9-12-25-41(35)50-42(32)36)28-40(37)49-38-23-10-7-18-33(38)34-19-8-11-24-39(34)49/h1-28H/i7D,8D,18D,19D,23D,24D. The summed E-state index contributed by atoms with van der Waals surface area (Å²) in [5.74, 6) is 1.21. The van der Waals surface area contributed by atoms with E-state index in [2.05, 4.69) is 0 Å². The summed E-state index contributed by atoms with van der Waals surface area (Å²) in [6.07, 6.45) is 0. The van der Waals surface area contributed by atoms with Crippen LogP contribution in [0.25, 0.3) is 94.7 Å². The van der Waals surface area contributed by atoms with Crippen molar-refractivity contribution in [2.45, 2.75) is 0 Å². The molecule has 0 spiro atoms. The number of furan rings is 1. The fourth-order valence-corrected chi connectivity index (χ4v) is 6.73. The molecule has 0 amide bonds. The minimum Gasteiger partial charge on any atom is -0.455 e. The highest BCUT2D eigenvalue weighted by Gasteiger charge is 2.21. The molecule has 0 atom stereocenters. The van der Waals surface area contributed by atoms with Crippen LogP contribution in [0.5, 0.6) is 0 Å². The maximum atomic E-state index is 9.22. The van der Waals surface area contributed by atoms with Crippen LogP contribution in [0, 0.1) is 0 Å². The zero-order chi connectivity index (χ0) is 38.2. The van der Waals surface area contributed by atoms with Gasteiger partial charge in [0.15, 0.2) is 17.5 Å². The molecule has 10 aromatic rings. The Morgan fingerprint density at radius 3 is 1.74 bits per heavy atom. The average molecular weight is 647 g/mol. The Morgan fingerprint density at radius 2 is 1.06 bits per heavy atom. The molecule has 5 heteroatoms. The fourth-order valence-electron chi connectivity index (χ4n) is 6.73. The molecule has 234 valence electrons. The van der Waals surface area contributed by atoms with Gasteiger partial charge in [-0.1, -0.05) is 139 Å². The van der Waals surface area contributed by atoms with E-state index in [4.69, 9.17) is 24.9 Å². The van der Waals surface area contributed by atoms with Crippen molar-refractivity contribution in [1.29, 1.82) is 0 Å². The van der Waals surface area contributed by atoms with E-state index in [0.717, 1.165) is 38.6 Å². The van der Waals surface area contributed by atoms with Gasteiger partial charge in [0.1, 0.15) is 11.2 Å². The van der Waals surface area contributed by atoms with Gasteiger partial charge in [0.05, 0.1) is 24.9 Å². The Bertz CT molecular complexity index is 3090. The minimum atomic E-state index is -0.194. The number of benzene rings is 7. The van der Waals surface area contributed by atoms with E-state index in [1.54, 1.807) is 4.57 Å². The van der Waals surface area contributed by atoms with Crippen LogP contribution < -0.4 is 0 Å². The molecule has 0 saturated carbocycles.